The Balaban J connectivity index is 1.48. The van der Waals surface area contributed by atoms with Crippen LogP contribution in [0.5, 0.6) is 0 Å². The Morgan fingerprint density at radius 3 is 2.37 bits per heavy atom. The Kier molecular flexibility index (Phi) is 6.41. The summed E-state index contributed by atoms with van der Waals surface area (Å²) in [7, 11) is 0. The van der Waals surface area contributed by atoms with E-state index in [1.54, 1.807) is 42.5 Å². The normalized spacial score (nSPS) is 14.4. The lowest BCUT2D eigenvalue weighted by Crippen LogP contribution is -2.36. The Hall–Kier alpha value is -2.89. The SMILES string of the molecule is O=C(CNc1ccccc1F)Nc1ccc(C(=O)NC2CCCCC2)cc1. The molecule has 0 spiro atoms. The Morgan fingerprint density at radius 1 is 0.963 bits per heavy atom. The highest BCUT2D eigenvalue weighted by molar-refractivity contribution is 5.96. The highest BCUT2D eigenvalue weighted by Crippen LogP contribution is 2.18. The molecule has 0 saturated heterocycles. The van der Waals surface area contributed by atoms with Gasteiger partial charge in [0, 0.05) is 17.3 Å². The predicted molar refractivity (Wildman–Crippen MR) is 104 cm³/mol. The van der Waals surface area contributed by atoms with Gasteiger partial charge in [-0.15, -0.1) is 0 Å². The van der Waals surface area contributed by atoms with Crippen LogP contribution in [0.4, 0.5) is 15.8 Å². The van der Waals surface area contributed by atoms with Crippen LogP contribution in [0.3, 0.4) is 0 Å². The molecule has 1 aliphatic rings. The van der Waals surface area contributed by atoms with E-state index in [1.807, 2.05) is 0 Å². The van der Waals surface area contributed by atoms with Crippen LogP contribution in [0.25, 0.3) is 0 Å². The van der Waals surface area contributed by atoms with Crippen molar-refractivity contribution < 1.29 is 14.0 Å². The van der Waals surface area contributed by atoms with Gasteiger partial charge in [0.05, 0.1) is 12.2 Å². The Bertz CT molecular complexity index is 786. The molecule has 0 aliphatic heterocycles. The summed E-state index contributed by atoms with van der Waals surface area (Å²) in [6.45, 7) is -0.0507. The number of rotatable bonds is 6. The molecular weight excluding hydrogens is 345 g/mol. The van der Waals surface area contributed by atoms with Crippen molar-refractivity contribution in [1.29, 1.82) is 0 Å². The van der Waals surface area contributed by atoms with Crippen molar-refractivity contribution in [3.63, 3.8) is 0 Å². The van der Waals surface area contributed by atoms with Crippen LogP contribution in [0.2, 0.25) is 0 Å². The van der Waals surface area contributed by atoms with Crippen LogP contribution < -0.4 is 16.0 Å². The topological polar surface area (TPSA) is 70.2 Å². The van der Waals surface area contributed by atoms with Gasteiger partial charge in [-0.25, -0.2) is 4.39 Å². The van der Waals surface area contributed by atoms with Gasteiger partial charge in [-0.1, -0.05) is 31.4 Å². The molecule has 1 aliphatic carbocycles. The molecule has 0 atom stereocenters. The zero-order valence-corrected chi connectivity index (χ0v) is 15.1. The number of benzene rings is 2. The molecule has 142 valence electrons. The first-order valence-corrected chi connectivity index (χ1v) is 9.31. The largest absolute Gasteiger partial charge is 0.374 e. The summed E-state index contributed by atoms with van der Waals surface area (Å²) in [5, 5.41) is 8.55. The van der Waals surface area contributed by atoms with Crippen molar-refractivity contribution >= 4 is 23.2 Å². The summed E-state index contributed by atoms with van der Waals surface area (Å²) in [4.78, 5) is 24.3. The number of anilines is 2. The average molecular weight is 369 g/mol. The fourth-order valence-electron chi connectivity index (χ4n) is 3.21. The minimum absolute atomic E-state index is 0.0507. The highest BCUT2D eigenvalue weighted by Gasteiger charge is 2.16. The number of carbonyl (C=O) groups is 2. The van der Waals surface area contributed by atoms with Crippen molar-refractivity contribution in [2.24, 2.45) is 0 Å². The molecular formula is C21H24FN3O2. The summed E-state index contributed by atoms with van der Waals surface area (Å²) in [5.74, 6) is -0.780. The second-order valence-electron chi connectivity index (χ2n) is 6.77. The number of halogens is 1. The minimum atomic E-state index is -0.404. The van der Waals surface area contributed by atoms with Gasteiger partial charge < -0.3 is 16.0 Å². The fraction of sp³-hybridized carbons (Fsp3) is 0.333. The molecule has 6 heteroatoms. The summed E-state index contributed by atoms with van der Waals surface area (Å²) >= 11 is 0. The first-order valence-electron chi connectivity index (χ1n) is 9.31. The predicted octanol–water partition coefficient (Wildman–Crippen LogP) is 3.94. The van der Waals surface area contributed by atoms with E-state index < -0.39 is 5.82 Å². The third-order valence-corrected chi connectivity index (χ3v) is 4.68. The van der Waals surface area contributed by atoms with E-state index in [0.29, 0.717) is 11.3 Å². The van der Waals surface area contributed by atoms with Crippen LogP contribution in [-0.4, -0.2) is 24.4 Å². The molecule has 5 nitrogen and oxygen atoms in total. The Morgan fingerprint density at radius 2 is 1.67 bits per heavy atom. The van der Waals surface area contributed by atoms with Gasteiger partial charge >= 0.3 is 0 Å². The van der Waals surface area contributed by atoms with Gasteiger partial charge in [-0.05, 0) is 49.2 Å². The zero-order valence-electron chi connectivity index (χ0n) is 15.1. The number of hydrogen-bond donors (Lipinski definition) is 3. The molecule has 2 aromatic carbocycles. The molecule has 3 N–H and O–H groups in total. The zero-order chi connectivity index (χ0) is 19.1. The maximum absolute atomic E-state index is 13.5. The summed E-state index contributed by atoms with van der Waals surface area (Å²) < 4.78 is 13.5. The van der Waals surface area contributed by atoms with Gasteiger partial charge in [0.25, 0.3) is 5.91 Å². The van der Waals surface area contributed by atoms with Crippen LogP contribution in [0, 0.1) is 5.82 Å². The molecule has 1 fully saturated rings. The summed E-state index contributed by atoms with van der Waals surface area (Å²) in [6.07, 6.45) is 5.64. The average Bonchev–Trinajstić information content (AvgIpc) is 2.69. The van der Waals surface area contributed by atoms with Crippen LogP contribution in [0.15, 0.2) is 48.5 Å². The van der Waals surface area contributed by atoms with E-state index in [2.05, 4.69) is 16.0 Å². The number of carbonyl (C=O) groups excluding carboxylic acids is 2. The summed E-state index contributed by atoms with van der Waals surface area (Å²) in [5.41, 5.74) is 1.44. The van der Waals surface area contributed by atoms with E-state index in [-0.39, 0.29) is 30.1 Å². The van der Waals surface area contributed by atoms with Crippen molar-refractivity contribution in [2.45, 2.75) is 38.1 Å². The molecule has 1 saturated carbocycles. The van der Waals surface area contributed by atoms with Gasteiger partial charge in [-0.2, -0.15) is 0 Å². The van der Waals surface area contributed by atoms with E-state index >= 15 is 0 Å². The second kappa shape index (κ2) is 9.16. The molecule has 2 amide bonds. The molecule has 0 bridgehead atoms. The van der Waals surface area contributed by atoms with E-state index in [1.165, 1.54) is 12.5 Å². The molecule has 0 aromatic heterocycles. The molecule has 0 radical (unpaired) electrons. The van der Waals surface area contributed by atoms with Crippen molar-refractivity contribution in [3.8, 4) is 0 Å². The first-order chi connectivity index (χ1) is 13.1. The van der Waals surface area contributed by atoms with Crippen molar-refractivity contribution in [1.82, 2.24) is 5.32 Å². The number of para-hydroxylation sites is 1. The van der Waals surface area contributed by atoms with Gasteiger partial charge in [0.1, 0.15) is 5.82 Å². The molecule has 2 aromatic rings. The van der Waals surface area contributed by atoms with Gasteiger partial charge in [-0.3, -0.25) is 9.59 Å². The third kappa shape index (κ3) is 5.54. The Labute approximate surface area is 158 Å². The van der Waals surface area contributed by atoms with Crippen molar-refractivity contribution in [2.75, 3.05) is 17.2 Å². The van der Waals surface area contributed by atoms with Crippen molar-refractivity contribution in [3.05, 3.63) is 59.9 Å². The fourth-order valence-corrected chi connectivity index (χ4v) is 3.21. The second-order valence-corrected chi connectivity index (χ2v) is 6.77. The maximum atomic E-state index is 13.5. The highest BCUT2D eigenvalue weighted by atomic mass is 19.1. The number of amides is 2. The van der Waals surface area contributed by atoms with Gasteiger partial charge in [0.15, 0.2) is 0 Å². The molecule has 3 rings (SSSR count). The first kappa shape index (κ1) is 18.9. The monoisotopic (exact) mass is 369 g/mol. The number of hydrogen-bond acceptors (Lipinski definition) is 3. The lowest BCUT2D eigenvalue weighted by molar-refractivity contribution is -0.114. The van der Waals surface area contributed by atoms with E-state index in [9.17, 15) is 14.0 Å². The van der Waals surface area contributed by atoms with Gasteiger partial charge in [0.2, 0.25) is 5.91 Å². The molecule has 27 heavy (non-hydrogen) atoms. The maximum Gasteiger partial charge on any atom is 0.251 e. The summed E-state index contributed by atoms with van der Waals surface area (Å²) in [6, 6.07) is 13.2. The lowest BCUT2D eigenvalue weighted by Gasteiger charge is -2.22. The van der Waals surface area contributed by atoms with Crippen LogP contribution in [-0.2, 0) is 4.79 Å². The quantitative estimate of drug-likeness (QED) is 0.722. The smallest absolute Gasteiger partial charge is 0.251 e. The van der Waals surface area contributed by atoms with Crippen LogP contribution in [0.1, 0.15) is 42.5 Å². The third-order valence-electron chi connectivity index (χ3n) is 4.68. The molecule has 0 heterocycles. The minimum Gasteiger partial charge on any atom is -0.374 e. The number of nitrogens with one attached hydrogen (secondary N) is 3. The lowest BCUT2D eigenvalue weighted by atomic mass is 9.95. The standard InChI is InChI=1S/C21H24FN3O2/c22-18-8-4-5-9-19(18)23-14-20(26)24-17-12-10-15(11-13-17)21(27)25-16-6-2-1-3-7-16/h4-5,8-13,16,23H,1-3,6-7,14H2,(H,24,26)(H,25,27). The van der Waals surface area contributed by atoms with Crippen LogP contribution >= 0.6 is 0 Å². The molecule has 0 unspecified atom stereocenters. The van der Waals surface area contributed by atoms with E-state index in [4.69, 9.17) is 0 Å². The van der Waals surface area contributed by atoms with E-state index in [0.717, 1.165) is 25.7 Å².